The summed E-state index contributed by atoms with van der Waals surface area (Å²) in [5.41, 5.74) is 2.17. The number of ether oxygens (including phenoxy) is 1. The van der Waals surface area contributed by atoms with Crippen molar-refractivity contribution in [2.45, 2.75) is 19.4 Å². The van der Waals surface area contributed by atoms with Crippen molar-refractivity contribution in [2.75, 3.05) is 20.3 Å². The summed E-state index contributed by atoms with van der Waals surface area (Å²) in [4.78, 5) is 11.5. The van der Waals surface area contributed by atoms with Crippen molar-refractivity contribution >= 4 is 12.0 Å². The zero-order valence-corrected chi connectivity index (χ0v) is 11.4. The topological polar surface area (TPSA) is 58.6 Å². The van der Waals surface area contributed by atoms with Crippen LogP contribution in [0.5, 0.6) is 0 Å². The lowest BCUT2D eigenvalue weighted by Gasteiger charge is -2.08. The van der Waals surface area contributed by atoms with Gasteiger partial charge in [-0.25, -0.2) is 0 Å². The van der Waals surface area contributed by atoms with Crippen molar-refractivity contribution in [2.24, 2.45) is 0 Å². The number of methoxy groups -OCH3 is 1. The Balaban J connectivity index is 2.29. The van der Waals surface area contributed by atoms with Gasteiger partial charge in [0.15, 0.2) is 0 Å². The molecule has 0 aromatic heterocycles. The Morgan fingerprint density at radius 3 is 2.74 bits per heavy atom. The number of carbonyl (C=O) groups excluding carboxylic acids is 1. The molecule has 0 aliphatic rings. The molecule has 1 unspecified atom stereocenters. The number of aliphatic hydroxyl groups is 1. The maximum atomic E-state index is 11.5. The third kappa shape index (κ3) is 6.74. The third-order valence-corrected chi connectivity index (χ3v) is 2.64. The molecule has 1 rings (SSSR count). The second-order valence-corrected chi connectivity index (χ2v) is 4.43. The van der Waals surface area contributed by atoms with Crippen molar-refractivity contribution in [1.29, 1.82) is 0 Å². The molecule has 0 aliphatic heterocycles. The number of rotatable bonds is 7. The van der Waals surface area contributed by atoms with E-state index in [1.165, 1.54) is 18.7 Å². The number of amides is 1. The Hall–Kier alpha value is -1.65. The molecule has 0 saturated carbocycles. The first-order chi connectivity index (χ1) is 9.11. The van der Waals surface area contributed by atoms with Crippen LogP contribution in [0.4, 0.5) is 0 Å². The Kier molecular flexibility index (Phi) is 6.85. The van der Waals surface area contributed by atoms with Crippen molar-refractivity contribution in [3.8, 4) is 0 Å². The minimum atomic E-state index is -0.536. The van der Waals surface area contributed by atoms with Gasteiger partial charge in [-0.15, -0.1) is 0 Å². The van der Waals surface area contributed by atoms with Gasteiger partial charge in [0.2, 0.25) is 5.91 Å². The summed E-state index contributed by atoms with van der Waals surface area (Å²) >= 11 is 0. The van der Waals surface area contributed by atoms with Crippen LogP contribution in [0.15, 0.2) is 30.3 Å². The van der Waals surface area contributed by atoms with Gasteiger partial charge in [0.1, 0.15) is 0 Å². The van der Waals surface area contributed by atoms with Crippen LogP contribution in [0.1, 0.15) is 17.5 Å². The van der Waals surface area contributed by atoms with E-state index in [1.54, 1.807) is 6.08 Å². The second-order valence-electron chi connectivity index (χ2n) is 4.43. The first kappa shape index (κ1) is 15.4. The SMILES string of the molecule is COCC(O)CCNC(=O)/C=C/c1ccc(C)cc1. The summed E-state index contributed by atoms with van der Waals surface area (Å²) in [5, 5.41) is 12.1. The highest BCUT2D eigenvalue weighted by Crippen LogP contribution is 2.04. The van der Waals surface area contributed by atoms with Crippen molar-refractivity contribution in [3.05, 3.63) is 41.5 Å². The molecule has 0 fully saturated rings. The molecule has 1 aromatic rings. The summed E-state index contributed by atoms with van der Waals surface area (Å²) in [7, 11) is 1.53. The number of carbonyl (C=O) groups is 1. The molecule has 0 heterocycles. The molecule has 0 bridgehead atoms. The van der Waals surface area contributed by atoms with Gasteiger partial charge in [-0.1, -0.05) is 29.8 Å². The highest BCUT2D eigenvalue weighted by molar-refractivity contribution is 5.91. The van der Waals surface area contributed by atoms with Gasteiger partial charge >= 0.3 is 0 Å². The molecule has 19 heavy (non-hydrogen) atoms. The second kappa shape index (κ2) is 8.45. The standard InChI is InChI=1S/C15H21NO3/c1-12-3-5-13(6-4-12)7-8-15(18)16-10-9-14(17)11-19-2/h3-8,14,17H,9-11H2,1-2H3,(H,16,18)/b8-7+. The Morgan fingerprint density at radius 1 is 1.42 bits per heavy atom. The van der Waals surface area contributed by atoms with E-state index in [9.17, 15) is 9.90 Å². The maximum Gasteiger partial charge on any atom is 0.244 e. The van der Waals surface area contributed by atoms with Gasteiger partial charge in [-0.3, -0.25) is 4.79 Å². The number of benzene rings is 1. The summed E-state index contributed by atoms with van der Waals surface area (Å²) in [6.07, 6.45) is 3.21. The maximum absolute atomic E-state index is 11.5. The third-order valence-electron chi connectivity index (χ3n) is 2.64. The van der Waals surface area contributed by atoms with Gasteiger partial charge < -0.3 is 15.2 Å². The summed E-state index contributed by atoms with van der Waals surface area (Å²) in [6.45, 7) is 2.74. The van der Waals surface area contributed by atoms with Crippen LogP contribution in [0.3, 0.4) is 0 Å². The van der Waals surface area contributed by atoms with Crippen LogP contribution in [0.25, 0.3) is 6.08 Å². The van der Waals surface area contributed by atoms with E-state index in [0.29, 0.717) is 13.0 Å². The van der Waals surface area contributed by atoms with E-state index >= 15 is 0 Å². The highest BCUT2D eigenvalue weighted by Gasteiger charge is 2.03. The number of aliphatic hydroxyl groups excluding tert-OH is 1. The number of hydrogen-bond donors (Lipinski definition) is 2. The molecule has 4 heteroatoms. The van der Waals surface area contributed by atoms with E-state index in [0.717, 1.165) is 5.56 Å². The molecule has 0 saturated heterocycles. The van der Waals surface area contributed by atoms with E-state index in [-0.39, 0.29) is 12.5 Å². The van der Waals surface area contributed by atoms with Crippen molar-refractivity contribution in [3.63, 3.8) is 0 Å². The average molecular weight is 263 g/mol. The lowest BCUT2D eigenvalue weighted by atomic mass is 10.1. The predicted molar refractivity (Wildman–Crippen MR) is 75.7 cm³/mol. The van der Waals surface area contributed by atoms with E-state index in [4.69, 9.17) is 4.74 Å². The highest BCUT2D eigenvalue weighted by atomic mass is 16.5. The first-order valence-electron chi connectivity index (χ1n) is 6.31. The Labute approximate surface area is 114 Å². The minimum Gasteiger partial charge on any atom is -0.391 e. The molecule has 0 spiro atoms. The van der Waals surface area contributed by atoms with Gasteiger partial charge in [0.25, 0.3) is 0 Å². The molecule has 1 aromatic carbocycles. The van der Waals surface area contributed by atoms with E-state index in [2.05, 4.69) is 5.32 Å². The number of nitrogens with one attached hydrogen (secondary N) is 1. The molecule has 4 nitrogen and oxygen atoms in total. The van der Waals surface area contributed by atoms with E-state index in [1.807, 2.05) is 31.2 Å². The first-order valence-corrected chi connectivity index (χ1v) is 6.31. The fourth-order valence-corrected chi connectivity index (χ4v) is 1.55. The summed E-state index contributed by atoms with van der Waals surface area (Å²) in [6, 6.07) is 7.92. The number of hydrogen-bond acceptors (Lipinski definition) is 3. The number of aryl methyl sites for hydroxylation is 1. The monoisotopic (exact) mass is 263 g/mol. The summed E-state index contributed by atoms with van der Waals surface area (Å²) in [5.74, 6) is -0.162. The lowest BCUT2D eigenvalue weighted by Crippen LogP contribution is -2.27. The minimum absolute atomic E-state index is 0.162. The molecule has 2 N–H and O–H groups in total. The quantitative estimate of drug-likeness (QED) is 0.733. The zero-order valence-electron chi connectivity index (χ0n) is 11.4. The van der Waals surface area contributed by atoms with Crippen LogP contribution in [-0.2, 0) is 9.53 Å². The van der Waals surface area contributed by atoms with Gasteiger partial charge in [0.05, 0.1) is 12.7 Å². The zero-order chi connectivity index (χ0) is 14.1. The Bertz CT molecular complexity index is 412. The molecule has 1 amide bonds. The Morgan fingerprint density at radius 2 is 2.11 bits per heavy atom. The van der Waals surface area contributed by atoms with Gasteiger partial charge in [0, 0.05) is 19.7 Å². The summed E-state index contributed by atoms with van der Waals surface area (Å²) < 4.78 is 4.80. The van der Waals surface area contributed by atoms with E-state index < -0.39 is 6.10 Å². The van der Waals surface area contributed by atoms with Gasteiger partial charge in [-0.2, -0.15) is 0 Å². The van der Waals surface area contributed by atoms with Crippen molar-refractivity contribution < 1.29 is 14.6 Å². The average Bonchev–Trinajstić information content (AvgIpc) is 2.38. The molecule has 0 aliphatic carbocycles. The van der Waals surface area contributed by atoms with Gasteiger partial charge in [-0.05, 0) is 25.0 Å². The molecule has 0 radical (unpaired) electrons. The fraction of sp³-hybridized carbons (Fsp3) is 0.400. The fourth-order valence-electron chi connectivity index (χ4n) is 1.55. The van der Waals surface area contributed by atoms with Crippen LogP contribution in [0.2, 0.25) is 0 Å². The van der Waals surface area contributed by atoms with Crippen LogP contribution in [0, 0.1) is 6.92 Å². The largest absolute Gasteiger partial charge is 0.391 e. The predicted octanol–water partition coefficient (Wildman–Crippen LogP) is 1.52. The van der Waals surface area contributed by atoms with Crippen LogP contribution >= 0.6 is 0 Å². The van der Waals surface area contributed by atoms with Crippen LogP contribution < -0.4 is 5.32 Å². The molecular weight excluding hydrogens is 242 g/mol. The smallest absolute Gasteiger partial charge is 0.244 e. The molecular formula is C15H21NO3. The van der Waals surface area contributed by atoms with Crippen molar-refractivity contribution in [1.82, 2.24) is 5.32 Å². The molecule has 1 atom stereocenters. The molecule has 104 valence electrons. The normalized spacial score (nSPS) is 12.6. The lowest BCUT2D eigenvalue weighted by molar-refractivity contribution is -0.116. The van der Waals surface area contributed by atoms with Crippen LogP contribution in [-0.4, -0.2) is 37.4 Å².